The summed E-state index contributed by atoms with van der Waals surface area (Å²) >= 11 is 0. The van der Waals surface area contributed by atoms with Crippen LogP contribution in [0.5, 0.6) is 0 Å². The predicted molar refractivity (Wildman–Crippen MR) is 59.3 cm³/mol. The molecule has 0 radical (unpaired) electrons. The minimum absolute atomic E-state index is 0.0551. The van der Waals surface area contributed by atoms with Crippen LogP contribution in [0.2, 0.25) is 0 Å². The number of methoxy groups -OCH3 is 2. The lowest BCUT2D eigenvalue weighted by Gasteiger charge is -2.36. The molecule has 1 rings (SSSR count). The molecular formula is C11H21NO4. The zero-order valence-electron chi connectivity index (χ0n) is 10.3. The number of morpholine rings is 1. The number of rotatable bonds is 5. The van der Waals surface area contributed by atoms with Crippen LogP contribution in [0.4, 0.5) is 0 Å². The zero-order chi connectivity index (χ0) is 12.0. The van der Waals surface area contributed by atoms with Crippen LogP contribution in [0, 0.1) is 0 Å². The maximum absolute atomic E-state index is 11.1. The molecule has 5 heteroatoms. The smallest absolute Gasteiger partial charge is 0.308 e. The van der Waals surface area contributed by atoms with Crippen LogP contribution in [0.1, 0.15) is 13.3 Å². The Morgan fingerprint density at radius 3 is 2.94 bits per heavy atom. The van der Waals surface area contributed by atoms with Crippen molar-refractivity contribution in [1.29, 1.82) is 0 Å². The molecule has 0 saturated carbocycles. The van der Waals surface area contributed by atoms with Gasteiger partial charge in [-0.05, 0) is 6.92 Å². The van der Waals surface area contributed by atoms with Crippen molar-refractivity contribution in [2.75, 3.05) is 40.5 Å². The molecule has 5 nitrogen and oxygen atoms in total. The van der Waals surface area contributed by atoms with Crippen LogP contribution in [0.3, 0.4) is 0 Å². The largest absolute Gasteiger partial charge is 0.469 e. The van der Waals surface area contributed by atoms with Crippen molar-refractivity contribution < 1.29 is 19.0 Å². The second-order valence-electron chi connectivity index (χ2n) is 4.07. The standard InChI is InChI=1S/C11H21NO4/c1-9(8-14-2)12-4-5-16-10(7-12)6-11(13)15-3/h9-10H,4-8H2,1-3H3. The number of hydrogen-bond acceptors (Lipinski definition) is 5. The van der Waals surface area contributed by atoms with E-state index >= 15 is 0 Å². The number of ether oxygens (including phenoxy) is 3. The monoisotopic (exact) mass is 231 g/mol. The highest BCUT2D eigenvalue weighted by molar-refractivity contribution is 5.69. The van der Waals surface area contributed by atoms with Gasteiger partial charge in [0.25, 0.3) is 0 Å². The molecule has 16 heavy (non-hydrogen) atoms. The van der Waals surface area contributed by atoms with Gasteiger partial charge in [0, 0.05) is 26.2 Å². The summed E-state index contributed by atoms with van der Waals surface area (Å²) in [4.78, 5) is 13.4. The van der Waals surface area contributed by atoms with E-state index in [1.807, 2.05) is 0 Å². The molecular weight excluding hydrogens is 210 g/mol. The molecule has 1 aliphatic rings. The molecule has 1 saturated heterocycles. The van der Waals surface area contributed by atoms with E-state index in [0.29, 0.717) is 25.7 Å². The van der Waals surface area contributed by atoms with Crippen molar-refractivity contribution in [2.45, 2.75) is 25.5 Å². The molecule has 0 aromatic rings. The summed E-state index contributed by atoms with van der Waals surface area (Å²) in [5, 5.41) is 0. The van der Waals surface area contributed by atoms with Crippen LogP contribution in [0.25, 0.3) is 0 Å². The zero-order valence-corrected chi connectivity index (χ0v) is 10.3. The Hall–Kier alpha value is -0.650. The Morgan fingerprint density at radius 1 is 1.56 bits per heavy atom. The summed E-state index contributed by atoms with van der Waals surface area (Å²) in [5.41, 5.74) is 0. The average Bonchev–Trinajstić information content (AvgIpc) is 2.29. The Morgan fingerprint density at radius 2 is 2.31 bits per heavy atom. The topological polar surface area (TPSA) is 48.0 Å². The predicted octanol–water partition coefficient (Wildman–Crippen LogP) is 0.285. The first-order valence-electron chi connectivity index (χ1n) is 5.58. The van der Waals surface area contributed by atoms with E-state index in [-0.39, 0.29) is 12.1 Å². The third kappa shape index (κ3) is 4.08. The molecule has 2 atom stereocenters. The highest BCUT2D eigenvalue weighted by atomic mass is 16.5. The van der Waals surface area contributed by atoms with E-state index in [0.717, 1.165) is 13.1 Å². The summed E-state index contributed by atoms with van der Waals surface area (Å²) < 4.78 is 15.3. The number of hydrogen-bond donors (Lipinski definition) is 0. The maximum atomic E-state index is 11.1. The first-order valence-corrected chi connectivity index (χ1v) is 5.58. The van der Waals surface area contributed by atoms with Crippen molar-refractivity contribution in [3.05, 3.63) is 0 Å². The van der Waals surface area contributed by atoms with Crippen LogP contribution < -0.4 is 0 Å². The normalized spacial score (nSPS) is 24.1. The second-order valence-corrected chi connectivity index (χ2v) is 4.07. The molecule has 0 bridgehead atoms. The fraction of sp³-hybridized carbons (Fsp3) is 0.909. The minimum Gasteiger partial charge on any atom is -0.469 e. The third-order valence-electron chi connectivity index (χ3n) is 2.82. The third-order valence-corrected chi connectivity index (χ3v) is 2.82. The first-order chi connectivity index (χ1) is 7.67. The van der Waals surface area contributed by atoms with Gasteiger partial charge in [-0.2, -0.15) is 0 Å². The van der Waals surface area contributed by atoms with E-state index in [2.05, 4.69) is 16.6 Å². The van der Waals surface area contributed by atoms with Gasteiger partial charge in [0.15, 0.2) is 0 Å². The van der Waals surface area contributed by atoms with Gasteiger partial charge in [-0.1, -0.05) is 0 Å². The Balaban J connectivity index is 2.37. The summed E-state index contributed by atoms with van der Waals surface area (Å²) in [6, 6.07) is 0.356. The number of esters is 1. The van der Waals surface area contributed by atoms with Gasteiger partial charge in [-0.25, -0.2) is 0 Å². The summed E-state index contributed by atoms with van der Waals surface area (Å²) in [5.74, 6) is -0.216. The fourth-order valence-electron chi connectivity index (χ4n) is 1.88. The van der Waals surface area contributed by atoms with Gasteiger partial charge >= 0.3 is 5.97 Å². The summed E-state index contributed by atoms with van der Waals surface area (Å²) in [6.07, 6.45) is 0.271. The Labute approximate surface area is 96.6 Å². The van der Waals surface area contributed by atoms with Crippen molar-refractivity contribution in [1.82, 2.24) is 4.90 Å². The van der Waals surface area contributed by atoms with Crippen LogP contribution >= 0.6 is 0 Å². The van der Waals surface area contributed by atoms with E-state index < -0.39 is 0 Å². The lowest BCUT2D eigenvalue weighted by Crippen LogP contribution is -2.48. The van der Waals surface area contributed by atoms with Crippen molar-refractivity contribution >= 4 is 5.97 Å². The second kappa shape index (κ2) is 6.83. The number of carbonyl (C=O) groups is 1. The first kappa shape index (κ1) is 13.4. The van der Waals surface area contributed by atoms with Gasteiger partial charge in [-0.15, -0.1) is 0 Å². The van der Waals surface area contributed by atoms with Crippen molar-refractivity contribution in [3.8, 4) is 0 Å². The average molecular weight is 231 g/mol. The van der Waals surface area contributed by atoms with Crippen LogP contribution in [-0.2, 0) is 19.0 Å². The maximum Gasteiger partial charge on any atom is 0.308 e. The molecule has 0 aromatic carbocycles. The molecule has 94 valence electrons. The van der Waals surface area contributed by atoms with Gasteiger partial charge in [0.05, 0.1) is 32.8 Å². The molecule has 1 fully saturated rings. The number of carbonyl (C=O) groups excluding carboxylic acids is 1. The molecule has 0 N–H and O–H groups in total. The van der Waals surface area contributed by atoms with E-state index in [1.54, 1.807) is 7.11 Å². The quantitative estimate of drug-likeness (QED) is 0.636. The highest BCUT2D eigenvalue weighted by Crippen LogP contribution is 2.12. The molecule has 1 heterocycles. The number of nitrogens with zero attached hydrogens (tertiary/aromatic N) is 1. The molecule has 1 aliphatic heterocycles. The highest BCUT2D eigenvalue weighted by Gasteiger charge is 2.25. The summed E-state index contributed by atoms with van der Waals surface area (Å²) in [6.45, 7) is 5.13. The van der Waals surface area contributed by atoms with Crippen LogP contribution in [0.15, 0.2) is 0 Å². The lowest BCUT2D eigenvalue weighted by molar-refractivity contribution is -0.146. The molecule has 0 aliphatic carbocycles. The minimum atomic E-state index is -0.216. The van der Waals surface area contributed by atoms with Gasteiger partial charge in [0.2, 0.25) is 0 Å². The molecule has 0 aromatic heterocycles. The molecule has 2 unspecified atom stereocenters. The van der Waals surface area contributed by atoms with Crippen LogP contribution in [-0.4, -0.2) is 63.5 Å². The van der Waals surface area contributed by atoms with E-state index in [1.165, 1.54) is 7.11 Å². The van der Waals surface area contributed by atoms with E-state index in [4.69, 9.17) is 9.47 Å². The molecule has 0 amide bonds. The van der Waals surface area contributed by atoms with Gasteiger partial charge in [0.1, 0.15) is 0 Å². The van der Waals surface area contributed by atoms with E-state index in [9.17, 15) is 4.79 Å². The Bertz CT molecular complexity index is 222. The van der Waals surface area contributed by atoms with Gasteiger partial charge in [-0.3, -0.25) is 9.69 Å². The lowest BCUT2D eigenvalue weighted by atomic mass is 10.1. The SMILES string of the molecule is COCC(C)N1CCOC(CC(=O)OC)C1. The fourth-order valence-corrected chi connectivity index (χ4v) is 1.88. The summed E-state index contributed by atoms with van der Waals surface area (Å²) in [7, 11) is 3.10. The van der Waals surface area contributed by atoms with Crippen molar-refractivity contribution in [3.63, 3.8) is 0 Å². The van der Waals surface area contributed by atoms with Gasteiger partial charge < -0.3 is 14.2 Å². The van der Waals surface area contributed by atoms with Crippen molar-refractivity contribution in [2.24, 2.45) is 0 Å². The molecule has 0 spiro atoms. The Kier molecular flexibility index (Phi) is 5.73.